The van der Waals surface area contributed by atoms with E-state index >= 15 is 0 Å². The minimum absolute atomic E-state index is 0.0574. The smallest absolute Gasteiger partial charge is 0.333 e. The van der Waals surface area contributed by atoms with Gasteiger partial charge in [-0.2, -0.15) is 23.5 Å². The lowest BCUT2D eigenvalue weighted by Crippen LogP contribution is -2.36. The number of hydroxylamine groups is 2. The van der Waals surface area contributed by atoms with Crippen molar-refractivity contribution in [3.63, 3.8) is 0 Å². The Morgan fingerprint density at radius 2 is 1.26 bits per heavy atom. The van der Waals surface area contributed by atoms with Crippen LogP contribution in [-0.2, 0) is 28.8 Å². The molecule has 0 radical (unpaired) electrons. The zero-order chi connectivity index (χ0) is 33.8. The van der Waals surface area contributed by atoms with Crippen LogP contribution in [0.1, 0.15) is 89.9 Å². The van der Waals surface area contributed by atoms with Crippen LogP contribution < -0.4 is 26.6 Å². The van der Waals surface area contributed by atoms with Crippen molar-refractivity contribution in [2.75, 3.05) is 18.1 Å². The monoisotopic (exact) mass is 698 g/mol. The molecule has 17 heteroatoms. The normalized spacial score (nSPS) is 27.2. The quantitative estimate of drug-likeness (QED) is 0.0732. The lowest BCUT2D eigenvalue weighted by atomic mass is 10.0. The summed E-state index contributed by atoms with van der Waals surface area (Å²) in [5.74, 6) is -0.283. The van der Waals surface area contributed by atoms with Gasteiger partial charge >= 0.3 is 24.0 Å². The minimum Gasteiger partial charge on any atom is -0.481 e. The summed E-state index contributed by atoms with van der Waals surface area (Å²) < 4.78 is 0. The van der Waals surface area contributed by atoms with Crippen molar-refractivity contribution >= 4 is 65.2 Å². The number of hydrogen-bond acceptors (Lipinski definition) is 10. The zero-order valence-electron chi connectivity index (χ0n) is 26.5. The number of aliphatic carboxylic acids is 1. The van der Waals surface area contributed by atoms with E-state index in [2.05, 4.69) is 26.6 Å². The van der Waals surface area contributed by atoms with E-state index in [-0.39, 0.29) is 67.8 Å². The third-order valence-electron chi connectivity index (χ3n) is 8.73. The van der Waals surface area contributed by atoms with E-state index in [1.54, 1.807) is 0 Å². The van der Waals surface area contributed by atoms with Gasteiger partial charge in [0.25, 0.3) is 11.8 Å². The molecule has 5 aliphatic rings. The second-order valence-electron chi connectivity index (χ2n) is 12.3. The van der Waals surface area contributed by atoms with Crippen molar-refractivity contribution in [1.29, 1.82) is 0 Å². The van der Waals surface area contributed by atoms with E-state index < -0.39 is 23.8 Å². The summed E-state index contributed by atoms with van der Waals surface area (Å²) in [6.07, 6.45) is 8.67. The van der Waals surface area contributed by atoms with Gasteiger partial charge in [-0.15, -0.1) is 5.06 Å². The summed E-state index contributed by atoms with van der Waals surface area (Å²) in [5, 5.41) is 24.5. The molecule has 15 nitrogen and oxygen atoms in total. The first-order valence-electron chi connectivity index (χ1n) is 16.5. The highest BCUT2D eigenvalue weighted by atomic mass is 32.2. The number of nitrogens with one attached hydrogen (secondary N) is 5. The van der Waals surface area contributed by atoms with E-state index in [0.29, 0.717) is 41.4 Å². The molecule has 5 fully saturated rings. The SMILES string of the molecule is O=C(O)CCCCCNC(=O)CCCC[C@@H]1SC[C@@H]2NC(=O)N[C@@H]21.O=C1N[C@H]2[C@H](CS[C@H]2CCCCC(=O)ON2C(=O)CCC2=O)N1. The Bertz CT molecular complexity index is 1160. The molecule has 0 unspecified atom stereocenters. The third kappa shape index (κ3) is 11.5. The third-order valence-corrected chi connectivity index (χ3v) is 11.7. The Kier molecular flexibility index (Phi) is 14.3. The van der Waals surface area contributed by atoms with Crippen LogP contribution in [0.25, 0.3) is 0 Å². The maximum Gasteiger partial charge on any atom is 0.333 e. The van der Waals surface area contributed by atoms with Gasteiger partial charge in [-0.1, -0.05) is 19.3 Å². The molecule has 5 rings (SSSR count). The molecule has 0 aromatic heterocycles. The number of imide groups is 1. The number of rotatable bonds is 17. The van der Waals surface area contributed by atoms with E-state index in [9.17, 15) is 33.6 Å². The second-order valence-corrected chi connectivity index (χ2v) is 14.9. The number of carboxylic acid groups (broad SMARTS) is 1. The topological polar surface area (TPSA) is 212 Å². The van der Waals surface area contributed by atoms with Gasteiger partial charge in [-0.05, 0) is 38.5 Å². The molecule has 6 N–H and O–H groups in total. The van der Waals surface area contributed by atoms with Crippen molar-refractivity contribution in [2.45, 2.75) is 125 Å². The molecule has 47 heavy (non-hydrogen) atoms. The molecule has 0 bridgehead atoms. The summed E-state index contributed by atoms with van der Waals surface area (Å²) in [6.45, 7) is 0.623. The van der Waals surface area contributed by atoms with Crippen LogP contribution in [0.3, 0.4) is 0 Å². The summed E-state index contributed by atoms with van der Waals surface area (Å²) >= 11 is 3.73. The number of unbranched alkanes of at least 4 members (excludes halogenated alkanes) is 4. The first-order chi connectivity index (χ1) is 22.6. The Balaban J connectivity index is 0.000000213. The minimum atomic E-state index is -0.765. The number of urea groups is 2. The number of carbonyl (C=O) groups excluding carboxylic acids is 6. The van der Waals surface area contributed by atoms with Gasteiger partial charge in [-0.25, -0.2) is 14.4 Å². The van der Waals surface area contributed by atoms with Crippen LogP contribution in [0.15, 0.2) is 0 Å². The predicted molar refractivity (Wildman–Crippen MR) is 174 cm³/mol. The molecule has 7 amide bonds. The number of hydrogen-bond donors (Lipinski definition) is 6. The second kappa shape index (κ2) is 18.4. The largest absolute Gasteiger partial charge is 0.481 e. The molecule has 5 saturated heterocycles. The van der Waals surface area contributed by atoms with Crippen molar-refractivity contribution in [3.05, 3.63) is 0 Å². The molecular weight excluding hydrogens is 652 g/mol. The van der Waals surface area contributed by atoms with Crippen LogP contribution in [0.5, 0.6) is 0 Å². The van der Waals surface area contributed by atoms with Crippen molar-refractivity contribution in [2.24, 2.45) is 0 Å². The van der Waals surface area contributed by atoms with E-state index in [1.807, 2.05) is 23.5 Å². The van der Waals surface area contributed by atoms with Gasteiger partial charge in [0, 0.05) is 60.7 Å². The van der Waals surface area contributed by atoms with Gasteiger partial charge in [0.2, 0.25) is 5.91 Å². The maximum absolute atomic E-state index is 11.7. The number of thioether (sulfide) groups is 2. The molecule has 0 aromatic carbocycles. The summed E-state index contributed by atoms with van der Waals surface area (Å²) in [4.78, 5) is 83.9. The zero-order valence-corrected chi connectivity index (χ0v) is 28.1. The van der Waals surface area contributed by atoms with Crippen molar-refractivity contribution in [1.82, 2.24) is 31.6 Å². The highest BCUT2D eigenvalue weighted by molar-refractivity contribution is 8.00. The molecule has 5 aliphatic heterocycles. The fourth-order valence-electron chi connectivity index (χ4n) is 6.23. The van der Waals surface area contributed by atoms with Gasteiger partial charge in [-0.3, -0.25) is 19.2 Å². The van der Waals surface area contributed by atoms with E-state index in [4.69, 9.17) is 9.94 Å². The average Bonchev–Trinajstić information content (AvgIpc) is 3.83. The standard InChI is InChI=1S/C16H27N3O4S.C14H19N3O5S/c20-13(17-9-5-1-2-8-14(21)22)7-4-3-6-12-15-11(10-24-12)18-16(23)19-15;18-10-5-6-11(19)17(10)22-12(20)4-2-1-3-9-13-8(7-23-9)15-14(21)16-13/h11-12,15H,1-10H2,(H,17,20)(H,21,22)(H2,18,19,23);8-9,13H,1-7H2,(H2,15,16,21)/t11-,12-,15-;8-,9-,13-/m00/s1. The highest BCUT2D eigenvalue weighted by Gasteiger charge is 2.43. The molecular formula is C30H46N6O9S2. The summed E-state index contributed by atoms with van der Waals surface area (Å²) in [5.41, 5.74) is 0. The lowest BCUT2D eigenvalue weighted by Gasteiger charge is -2.16. The Morgan fingerprint density at radius 3 is 1.81 bits per heavy atom. The Morgan fingerprint density at radius 1 is 0.723 bits per heavy atom. The molecule has 6 atom stereocenters. The van der Waals surface area contributed by atoms with Crippen LogP contribution in [0.2, 0.25) is 0 Å². The molecule has 0 aromatic rings. The van der Waals surface area contributed by atoms with Gasteiger partial charge in [0.15, 0.2) is 0 Å². The Hall–Kier alpha value is -3.21. The van der Waals surface area contributed by atoms with Crippen LogP contribution in [0, 0.1) is 0 Å². The van der Waals surface area contributed by atoms with Crippen LogP contribution in [0.4, 0.5) is 9.59 Å². The lowest BCUT2D eigenvalue weighted by molar-refractivity contribution is -0.197. The first-order valence-corrected chi connectivity index (χ1v) is 18.6. The summed E-state index contributed by atoms with van der Waals surface area (Å²) in [7, 11) is 0. The predicted octanol–water partition coefficient (Wildman–Crippen LogP) is 1.79. The number of nitrogens with zero attached hydrogens (tertiary/aromatic N) is 1. The molecule has 262 valence electrons. The van der Waals surface area contributed by atoms with E-state index in [1.165, 1.54) is 0 Å². The van der Waals surface area contributed by atoms with Crippen LogP contribution in [-0.4, -0.2) is 105 Å². The number of amides is 7. The Labute approximate surface area is 282 Å². The van der Waals surface area contributed by atoms with E-state index in [0.717, 1.165) is 56.5 Å². The highest BCUT2D eigenvalue weighted by Crippen LogP contribution is 2.34. The molecule has 0 saturated carbocycles. The van der Waals surface area contributed by atoms with Gasteiger partial charge in [0.1, 0.15) is 0 Å². The molecule has 5 heterocycles. The van der Waals surface area contributed by atoms with Crippen molar-refractivity contribution in [3.8, 4) is 0 Å². The number of carbonyl (C=O) groups is 7. The molecule has 0 aliphatic carbocycles. The number of carboxylic acids is 1. The maximum atomic E-state index is 11.7. The molecule has 0 spiro atoms. The van der Waals surface area contributed by atoms with Crippen LogP contribution >= 0.6 is 23.5 Å². The summed E-state index contributed by atoms with van der Waals surface area (Å²) in [6, 6.07) is 0.708. The fraction of sp³-hybridized carbons (Fsp3) is 0.767. The fourth-order valence-corrected chi connectivity index (χ4v) is 9.32. The van der Waals surface area contributed by atoms with Crippen molar-refractivity contribution < 1.29 is 43.5 Å². The average molecular weight is 699 g/mol. The van der Waals surface area contributed by atoms with Gasteiger partial charge in [0.05, 0.1) is 24.2 Å². The van der Waals surface area contributed by atoms with Gasteiger partial charge < -0.3 is 36.5 Å². The number of fused-ring (bicyclic) bond motifs is 2. The first kappa shape index (κ1) is 36.6.